The van der Waals surface area contributed by atoms with E-state index >= 15 is 0 Å². The van der Waals surface area contributed by atoms with Gasteiger partial charge in [-0.25, -0.2) is 0 Å². The molecule has 2 rings (SSSR count). The molecule has 0 spiro atoms. The summed E-state index contributed by atoms with van der Waals surface area (Å²) >= 11 is 3.43. The molecule has 0 aromatic heterocycles. The van der Waals surface area contributed by atoms with Crippen LogP contribution in [0, 0.1) is 13.8 Å². The Labute approximate surface area is 122 Å². The molecule has 0 radical (unpaired) electrons. The smallest absolute Gasteiger partial charge is 0.136 e. The molecule has 2 aromatic rings. The highest BCUT2D eigenvalue weighted by molar-refractivity contribution is 9.10. The van der Waals surface area contributed by atoms with Crippen LogP contribution >= 0.6 is 15.9 Å². The molecule has 1 unspecified atom stereocenters. The van der Waals surface area contributed by atoms with Crippen LogP contribution in [0.1, 0.15) is 22.8 Å². The van der Waals surface area contributed by atoms with E-state index in [1.165, 1.54) is 5.56 Å². The van der Waals surface area contributed by atoms with Gasteiger partial charge in [0.05, 0.1) is 0 Å². The van der Waals surface area contributed by atoms with Gasteiger partial charge in [-0.2, -0.15) is 0 Å². The fourth-order valence-corrected chi connectivity index (χ4v) is 2.18. The highest BCUT2D eigenvalue weighted by Crippen LogP contribution is 2.26. The molecule has 100 valence electrons. The first-order chi connectivity index (χ1) is 9.10. The summed E-state index contributed by atoms with van der Waals surface area (Å²) in [4.78, 5) is 0. The van der Waals surface area contributed by atoms with E-state index in [-0.39, 0.29) is 6.10 Å². The Hall–Kier alpha value is -1.32. The third kappa shape index (κ3) is 3.58. The van der Waals surface area contributed by atoms with Crippen molar-refractivity contribution < 1.29 is 4.74 Å². The van der Waals surface area contributed by atoms with Gasteiger partial charge < -0.3 is 10.5 Å². The first-order valence-corrected chi connectivity index (χ1v) is 7.09. The van der Waals surface area contributed by atoms with Crippen LogP contribution in [0.4, 0.5) is 0 Å². The van der Waals surface area contributed by atoms with E-state index in [1.807, 2.05) is 31.2 Å². The van der Waals surface area contributed by atoms with Crippen LogP contribution in [0.15, 0.2) is 46.9 Å². The summed E-state index contributed by atoms with van der Waals surface area (Å²) in [6, 6.07) is 14.3. The topological polar surface area (TPSA) is 35.2 Å². The maximum atomic E-state index is 6.06. The molecule has 0 aliphatic heterocycles. The van der Waals surface area contributed by atoms with Crippen LogP contribution < -0.4 is 10.5 Å². The summed E-state index contributed by atoms with van der Waals surface area (Å²) in [5.41, 5.74) is 9.24. The quantitative estimate of drug-likeness (QED) is 0.919. The number of hydrogen-bond acceptors (Lipinski definition) is 2. The normalized spacial score (nSPS) is 12.2. The standard InChI is InChI=1S/C16H18BrNO/c1-11-3-4-12(2)15(9-11)19-16(10-18)13-5-7-14(17)8-6-13/h3-9,16H,10,18H2,1-2H3. The van der Waals surface area contributed by atoms with Crippen LogP contribution in [0.5, 0.6) is 5.75 Å². The Bertz CT molecular complexity index is 551. The number of ether oxygens (including phenoxy) is 1. The summed E-state index contributed by atoms with van der Waals surface area (Å²) in [6.07, 6.45) is -0.117. The van der Waals surface area contributed by atoms with Crippen LogP contribution in [-0.2, 0) is 0 Å². The number of aryl methyl sites for hydroxylation is 2. The van der Waals surface area contributed by atoms with Gasteiger partial charge in [0, 0.05) is 11.0 Å². The van der Waals surface area contributed by atoms with Crippen molar-refractivity contribution in [1.29, 1.82) is 0 Å². The Morgan fingerprint density at radius 1 is 1.11 bits per heavy atom. The second-order valence-corrected chi connectivity index (χ2v) is 5.58. The molecule has 0 fully saturated rings. The van der Waals surface area contributed by atoms with Crippen LogP contribution in [0.25, 0.3) is 0 Å². The zero-order valence-electron chi connectivity index (χ0n) is 11.2. The molecule has 19 heavy (non-hydrogen) atoms. The molecular weight excluding hydrogens is 302 g/mol. The molecular formula is C16H18BrNO. The molecule has 2 aromatic carbocycles. The van der Waals surface area contributed by atoms with Crippen LogP contribution in [-0.4, -0.2) is 6.54 Å². The lowest BCUT2D eigenvalue weighted by molar-refractivity contribution is 0.212. The fourth-order valence-electron chi connectivity index (χ4n) is 1.92. The second kappa shape index (κ2) is 6.22. The Morgan fingerprint density at radius 3 is 2.42 bits per heavy atom. The number of benzene rings is 2. The summed E-state index contributed by atoms with van der Waals surface area (Å²) in [5.74, 6) is 0.901. The lowest BCUT2D eigenvalue weighted by Gasteiger charge is -2.19. The van der Waals surface area contributed by atoms with Gasteiger partial charge in [-0.1, -0.05) is 40.2 Å². The molecule has 1 atom stereocenters. The number of halogens is 1. The van der Waals surface area contributed by atoms with Gasteiger partial charge in [0.25, 0.3) is 0 Å². The minimum Gasteiger partial charge on any atom is -0.484 e. The average molecular weight is 320 g/mol. The largest absolute Gasteiger partial charge is 0.484 e. The maximum absolute atomic E-state index is 6.06. The number of hydrogen-bond donors (Lipinski definition) is 1. The molecule has 0 aliphatic carbocycles. The van der Waals surface area contributed by atoms with Gasteiger partial charge in [0.1, 0.15) is 11.9 Å². The maximum Gasteiger partial charge on any atom is 0.136 e. The van der Waals surface area contributed by atoms with Crippen LogP contribution in [0.2, 0.25) is 0 Å². The lowest BCUT2D eigenvalue weighted by atomic mass is 10.1. The van der Waals surface area contributed by atoms with Crippen molar-refractivity contribution in [3.8, 4) is 5.75 Å². The summed E-state index contributed by atoms with van der Waals surface area (Å²) < 4.78 is 7.12. The molecule has 2 nitrogen and oxygen atoms in total. The van der Waals surface area contributed by atoms with Crippen molar-refractivity contribution >= 4 is 15.9 Å². The van der Waals surface area contributed by atoms with E-state index in [2.05, 4.69) is 41.1 Å². The Morgan fingerprint density at radius 2 is 1.79 bits per heavy atom. The van der Waals surface area contributed by atoms with Crippen molar-refractivity contribution in [3.05, 3.63) is 63.6 Å². The third-order valence-electron chi connectivity index (χ3n) is 3.07. The number of nitrogens with two attached hydrogens (primary N) is 1. The highest BCUT2D eigenvalue weighted by atomic mass is 79.9. The molecule has 0 saturated heterocycles. The summed E-state index contributed by atoms with van der Waals surface area (Å²) in [6.45, 7) is 4.56. The first kappa shape index (κ1) is 14.1. The molecule has 0 amide bonds. The predicted octanol–water partition coefficient (Wildman–Crippen LogP) is 4.14. The summed E-state index contributed by atoms with van der Waals surface area (Å²) in [7, 11) is 0. The van der Waals surface area contributed by atoms with Gasteiger partial charge in [-0.3, -0.25) is 0 Å². The molecule has 3 heteroatoms. The Kier molecular flexibility index (Phi) is 4.61. The van der Waals surface area contributed by atoms with E-state index in [0.717, 1.165) is 21.3 Å². The predicted molar refractivity (Wildman–Crippen MR) is 82.5 cm³/mol. The van der Waals surface area contributed by atoms with Crippen LogP contribution in [0.3, 0.4) is 0 Å². The number of rotatable bonds is 4. The van der Waals surface area contributed by atoms with Crippen molar-refractivity contribution in [2.24, 2.45) is 5.73 Å². The van der Waals surface area contributed by atoms with E-state index in [9.17, 15) is 0 Å². The molecule has 0 heterocycles. The molecule has 0 aliphatic rings. The Balaban J connectivity index is 2.23. The van der Waals surface area contributed by atoms with Crippen molar-refractivity contribution in [2.75, 3.05) is 6.54 Å². The molecule has 2 N–H and O–H groups in total. The molecule has 0 saturated carbocycles. The third-order valence-corrected chi connectivity index (χ3v) is 3.60. The van der Waals surface area contributed by atoms with Gasteiger partial charge >= 0.3 is 0 Å². The van der Waals surface area contributed by atoms with Gasteiger partial charge in [-0.05, 0) is 48.7 Å². The first-order valence-electron chi connectivity index (χ1n) is 6.29. The van der Waals surface area contributed by atoms with E-state index in [0.29, 0.717) is 6.54 Å². The van der Waals surface area contributed by atoms with Crippen molar-refractivity contribution in [1.82, 2.24) is 0 Å². The van der Waals surface area contributed by atoms with E-state index in [4.69, 9.17) is 10.5 Å². The van der Waals surface area contributed by atoms with Gasteiger partial charge in [0.15, 0.2) is 0 Å². The van der Waals surface area contributed by atoms with Crippen molar-refractivity contribution in [2.45, 2.75) is 20.0 Å². The van der Waals surface area contributed by atoms with Crippen molar-refractivity contribution in [3.63, 3.8) is 0 Å². The minimum absolute atomic E-state index is 0.117. The van der Waals surface area contributed by atoms with E-state index < -0.39 is 0 Å². The SMILES string of the molecule is Cc1ccc(C)c(OC(CN)c2ccc(Br)cc2)c1. The van der Waals surface area contributed by atoms with Gasteiger partial charge in [0.2, 0.25) is 0 Å². The minimum atomic E-state index is -0.117. The van der Waals surface area contributed by atoms with Gasteiger partial charge in [-0.15, -0.1) is 0 Å². The zero-order valence-corrected chi connectivity index (χ0v) is 12.8. The second-order valence-electron chi connectivity index (χ2n) is 4.66. The fraction of sp³-hybridized carbons (Fsp3) is 0.250. The summed E-state index contributed by atoms with van der Waals surface area (Å²) in [5, 5.41) is 0. The lowest BCUT2D eigenvalue weighted by Crippen LogP contribution is -2.18. The highest BCUT2D eigenvalue weighted by Gasteiger charge is 2.12. The van der Waals surface area contributed by atoms with E-state index in [1.54, 1.807) is 0 Å². The zero-order chi connectivity index (χ0) is 13.8. The molecule has 0 bridgehead atoms. The monoisotopic (exact) mass is 319 g/mol. The average Bonchev–Trinajstić information content (AvgIpc) is 2.41.